The minimum absolute atomic E-state index is 0.642. The lowest BCUT2D eigenvalue weighted by molar-refractivity contribution is 0.137. The van der Waals surface area contributed by atoms with E-state index in [1.165, 1.54) is 148 Å². The highest BCUT2D eigenvalue weighted by molar-refractivity contribution is 4.96. The summed E-state index contributed by atoms with van der Waals surface area (Å²) >= 11 is 0. The van der Waals surface area contributed by atoms with E-state index in [0.29, 0.717) is 6.17 Å². The number of unbranched alkanes of at least 4 members (excludes halogenated alkanes) is 17. The fourth-order valence-corrected chi connectivity index (χ4v) is 5.02. The fraction of sp³-hybridized carbons (Fsp3) is 0.931. The smallest absolute Gasteiger partial charge is 0.101 e. The predicted molar refractivity (Wildman–Crippen MR) is 140 cm³/mol. The van der Waals surface area contributed by atoms with Gasteiger partial charge in [0.1, 0.15) is 6.17 Å². The first-order valence-corrected chi connectivity index (χ1v) is 14.5. The van der Waals surface area contributed by atoms with Gasteiger partial charge in [-0.25, -0.2) is 0 Å². The van der Waals surface area contributed by atoms with Gasteiger partial charge in [-0.3, -0.25) is 0 Å². The van der Waals surface area contributed by atoms with E-state index >= 15 is 0 Å². The summed E-state index contributed by atoms with van der Waals surface area (Å²) in [5.41, 5.74) is 0. The number of nitrogens with zero attached hydrogens (tertiary/aromatic N) is 2. The highest BCUT2D eigenvalue weighted by atomic mass is 15.4. The highest BCUT2D eigenvalue weighted by Crippen LogP contribution is 2.23. The largest absolute Gasteiger partial charge is 0.356 e. The molecule has 0 saturated carbocycles. The molecule has 0 spiro atoms. The van der Waals surface area contributed by atoms with Crippen molar-refractivity contribution in [3.63, 3.8) is 0 Å². The summed E-state index contributed by atoms with van der Waals surface area (Å²) in [6, 6.07) is 0. The number of hydrogen-bond donors (Lipinski definition) is 0. The van der Waals surface area contributed by atoms with Crippen LogP contribution in [0.15, 0.2) is 12.4 Å². The van der Waals surface area contributed by atoms with Crippen molar-refractivity contribution in [3.05, 3.63) is 12.4 Å². The van der Waals surface area contributed by atoms with Crippen molar-refractivity contribution in [2.24, 2.45) is 0 Å². The van der Waals surface area contributed by atoms with Gasteiger partial charge >= 0.3 is 0 Å². The van der Waals surface area contributed by atoms with E-state index in [4.69, 9.17) is 0 Å². The molecule has 2 nitrogen and oxygen atoms in total. The van der Waals surface area contributed by atoms with Gasteiger partial charge in [0.15, 0.2) is 0 Å². The third kappa shape index (κ3) is 14.9. The van der Waals surface area contributed by atoms with E-state index in [2.05, 4.69) is 43.0 Å². The van der Waals surface area contributed by atoms with Gasteiger partial charge < -0.3 is 9.80 Å². The Morgan fingerprint density at radius 2 is 0.806 bits per heavy atom. The van der Waals surface area contributed by atoms with Crippen molar-refractivity contribution >= 4 is 0 Å². The molecule has 1 atom stereocenters. The Morgan fingerprint density at radius 1 is 0.419 bits per heavy atom. The molecule has 0 bridgehead atoms. The Morgan fingerprint density at radius 3 is 1.26 bits per heavy atom. The monoisotopic (exact) mass is 434 g/mol. The molecule has 0 radical (unpaired) electrons. The Bertz CT molecular complexity index is 392. The molecule has 1 rings (SSSR count). The summed E-state index contributed by atoms with van der Waals surface area (Å²) in [5, 5.41) is 0. The highest BCUT2D eigenvalue weighted by Gasteiger charge is 2.24. The van der Waals surface area contributed by atoms with Gasteiger partial charge in [-0.2, -0.15) is 0 Å². The van der Waals surface area contributed by atoms with Gasteiger partial charge in [-0.1, -0.05) is 130 Å². The predicted octanol–water partition coefficient (Wildman–Crippen LogP) is 9.65. The van der Waals surface area contributed by atoms with Crippen LogP contribution in [0.2, 0.25) is 0 Å². The van der Waals surface area contributed by atoms with Gasteiger partial charge in [0.25, 0.3) is 0 Å². The zero-order valence-corrected chi connectivity index (χ0v) is 21.9. The Hall–Kier alpha value is -0.660. The summed E-state index contributed by atoms with van der Waals surface area (Å²) in [6.07, 6.45) is 35.2. The molecule has 184 valence electrons. The van der Waals surface area contributed by atoms with Crippen molar-refractivity contribution in [2.45, 2.75) is 162 Å². The third-order valence-corrected chi connectivity index (χ3v) is 7.03. The third-order valence-electron chi connectivity index (χ3n) is 7.03. The Labute approximate surface area is 197 Å². The van der Waals surface area contributed by atoms with E-state index in [1.807, 2.05) is 0 Å². The molecule has 0 fully saturated rings. The first-order chi connectivity index (χ1) is 15.3. The molecule has 1 aliphatic rings. The SMILES string of the molecule is CCCCCCCCCCCCCCCCC1N(CCC)C=CN1CCCCCCC. The molecule has 0 N–H and O–H groups in total. The van der Waals surface area contributed by atoms with Crippen LogP contribution >= 0.6 is 0 Å². The molecule has 0 saturated heterocycles. The quantitative estimate of drug-likeness (QED) is 0.148. The van der Waals surface area contributed by atoms with Crippen LogP contribution in [-0.2, 0) is 0 Å². The topological polar surface area (TPSA) is 6.48 Å². The van der Waals surface area contributed by atoms with Crippen LogP contribution in [0.5, 0.6) is 0 Å². The van der Waals surface area contributed by atoms with Gasteiger partial charge in [-0.05, 0) is 25.7 Å². The average molecular weight is 435 g/mol. The molecule has 0 aromatic rings. The van der Waals surface area contributed by atoms with E-state index in [9.17, 15) is 0 Å². The van der Waals surface area contributed by atoms with E-state index in [-0.39, 0.29) is 0 Å². The van der Waals surface area contributed by atoms with Gasteiger partial charge in [-0.15, -0.1) is 0 Å². The molecular weight excluding hydrogens is 376 g/mol. The zero-order valence-electron chi connectivity index (χ0n) is 21.9. The van der Waals surface area contributed by atoms with Crippen LogP contribution in [-0.4, -0.2) is 29.1 Å². The van der Waals surface area contributed by atoms with Gasteiger partial charge in [0.05, 0.1) is 0 Å². The molecule has 1 aliphatic heterocycles. The molecule has 2 heteroatoms. The summed E-state index contributed by atoms with van der Waals surface area (Å²) in [7, 11) is 0. The van der Waals surface area contributed by atoms with Gasteiger partial charge in [0, 0.05) is 25.5 Å². The standard InChI is InChI=1S/C29H58N2/c1-4-7-9-11-12-13-14-15-16-17-18-19-20-22-24-29-30(25-6-3)27-28-31(29)26-23-21-10-8-5-2/h27-29H,4-26H2,1-3H3. The molecule has 0 amide bonds. The summed E-state index contributed by atoms with van der Waals surface area (Å²) < 4.78 is 0. The van der Waals surface area contributed by atoms with Crippen LogP contribution in [0.4, 0.5) is 0 Å². The second-order valence-electron chi connectivity index (χ2n) is 10.1. The van der Waals surface area contributed by atoms with Crippen LogP contribution in [0.25, 0.3) is 0 Å². The number of rotatable bonds is 23. The van der Waals surface area contributed by atoms with Crippen molar-refractivity contribution in [2.75, 3.05) is 13.1 Å². The number of hydrogen-bond acceptors (Lipinski definition) is 2. The minimum Gasteiger partial charge on any atom is -0.356 e. The maximum absolute atomic E-state index is 2.64. The first kappa shape index (κ1) is 28.4. The van der Waals surface area contributed by atoms with Crippen LogP contribution in [0.1, 0.15) is 156 Å². The second kappa shape index (κ2) is 21.2. The lowest BCUT2D eigenvalue weighted by Gasteiger charge is -2.33. The Balaban J connectivity index is 2.02. The minimum atomic E-state index is 0.642. The van der Waals surface area contributed by atoms with Crippen molar-refractivity contribution in [1.29, 1.82) is 0 Å². The fourth-order valence-electron chi connectivity index (χ4n) is 5.02. The Kier molecular flexibility index (Phi) is 19.4. The van der Waals surface area contributed by atoms with E-state index in [1.54, 1.807) is 0 Å². The van der Waals surface area contributed by atoms with E-state index in [0.717, 1.165) is 0 Å². The van der Waals surface area contributed by atoms with Crippen LogP contribution < -0.4 is 0 Å². The molecule has 0 aliphatic carbocycles. The maximum Gasteiger partial charge on any atom is 0.101 e. The van der Waals surface area contributed by atoms with Crippen LogP contribution in [0.3, 0.4) is 0 Å². The zero-order chi connectivity index (χ0) is 22.4. The molecular formula is C29H58N2. The summed E-state index contributed by atoms with van der Waals surface area (Å²) in [5.74, 6) is 0. The summed E-state index contributed by atoms with van der Waals surface area (Å²) in [6.45, 7) is 9.39. The van der Waals surface area contributed by atoms with Crippen molar-refractivity contribution < 1.29 is 0 Å². The first-order valence-electron chi connectivity index (χ1n) is 14.5. The molecule has 0 aromatic carbocycles. The lowest BCUT2D eigenvalue weighted by atomic mass is 10.0. The van der Waals surface area contributed by atoms with Gasteiger partial charge in [0.2, 0.25) is 0 Å². The molecule has 31 heavy (non-hydrogen) atoms. The lowest BCUT2D eigenvalue weighted by Crippen LogP contribution is -2.39. The van der Waals surface area contributed by atoms with Crippen LogP contribution in [0, 0.1) is 0 Å². The van der Waals surface area contributed by atoms with Crippen molar-refractivity contribution in [1.82, 2.24) is 9.80 Å². The maximum atomic E-state index is 2.64. The van der Waals surface area contributed by atoms with E-state index < -0.39 is 0 Å². The molecule has 1 heterocycles. The molecule has 0 aromatic heterocycles. The second-order valence-corrected chi connectivity index (χ2v) is 10.1. The molecule has 1 unspecified atom stereocenters. The summed E-state index contributed by atoms with van der Waals surface area (Å²) in [4.78, 5) is 5.25. The average Bonchev–Trinajstić information content (AvgIpc) is 3.15. The normalized spacial score (nSPS) is 16.0. The van der Waals surface area contributed by atoms with Crippen molar-refractivity contribution in [3.8, 4) is 0 Å².